The number of nitro benzene ring substituents is 1. The van der Waals surface area contributed by atoms with Gasteiger partial charge in [0.05, 0.1) is 9.82 Å². The van der Waals surface area contributed by atoms with Crippen LogP contribution >= 0.6 is 0 Å². The van der Waals surface area contributed by atoms with Crippen LogP contribution in [-0.4, -0.2) is 30.7 Å². The monoisotopic (exact) mass is 405 g/mol. The van der Waals surface area contributed by atoms with Gasteiger partial charge in [-0.05, 0) is 30.5 Å². The summed E-state index contributed by atoms with van der Waals surface area (Å²) < 4.78 is 26.0. The van der Waals surface area contributed by atoms with Crippen molar-refractivity contribution in [3.05, 3.63) is 70.3 Å². The first kappa shape index (κ1) is 22.0. The molecule has 7 nitrogen and oxygen atoms in total. The summed E-state index contributed by atoms with van der Waals surface area (Å²) in [6.45, 7) is 0.236. The highest BCUT2D eigenvalue weighted by molar-refractivity contribution is 7.89. The molecule has 2 N–H and O–H groups in total. The van der Waals surface area contributed by atoms with Crippen molar-refractivity contribution in [2.75, 3.05) is 7.05 Å². The van der Waals surface area contributed by atoms with Crippen LogP contribution in [0.25, 0.3) is 0 Å². The van der Waals surface area contributed by atoms with E-state index < -0.39 is 14.9 Å². The number of hydrogen-bond donors (Lipinski definition) is 1. The lowest BCUT2D eigenvalue weighted by atomic mass is 9.97. The zero-order valence-corrected chi connectivity index (χ0v) is 16.8. The summed E-state index contributed by atoms with van der Waals surface area (Å²) in [4.78, 5) is 10.1. The van der Waals surface area contributed by atoms with Gasteiger partial charge in [0.2, 0.25) is 10.0 Å². The maximum absolute atomic E-state index is 12.4. The Labute approximate surface area is 166 Å². The van der Waals surface area contributed by atoms with Gasteiger partial charge in [-0.1, -0.05) is 49.6 Å². The molecule has 0 saturated heterocycles. The van der Waals surface area contributed by atoms with Crippen molar-refractivity contribution in [2.45, 2.75) is 49.6 Å². The van der Waals surface area contributed by atoms with Crippen LogP contribution in [0.5, 0.6) is 0 Å². The normalized spacial score (nSPS) is 15.0. The molecule has 0 bridgehead atoms. The van der Waals surface area contributed by atoms with E-state index in [-0.39, 0.29) is 17.1 Å². The lowest BCUT2D eigenvalue weighted by Gasteiger charge is -2.17. The fraction of sp³-hybridized carbons (Fsp3) is 0.400. The van der Waals surface area contributed by atoms with Crippen LogP contribution < -0.4 is 5.73 Å². The average Bonchev–Trinajstić information content (AvgIpc) is 2.70. The molecule has 1 aliphatic rings. The third-order valence-electron chi connectivity index (χ3n) is 4.65. The topological polar surface area (TPSA) is 107 Å². The Hall–Kier alpha value is -2.29. The molecule has 0 unspecified atom stereocenters. The second-order valence-electron chi connectivity index (χ2n) is 6.90. The number of benzene rings is 2. The molecule has 0 atom stereocenters. The van der Waals surface area contributed by atoms with Crippen LogP contribution in [0.2, 0.25) is 0 Å². The maximum atomic E-state index is 12.4. The molecule has 3 rings (SSSR count). The molecular weight excluding hydrogens is 378 g/mol. The summed E-state index contributed by atoms with van der Waals surface area (Å²) in [5.74, 6) is 0. The first-order valence-corrected chi connectivity index (χ1v) is 10.7. The Balaban J connectivity index is 0.000000336. The molecule has 2 aromatic carbocycles. The van der Waals surface area contributed by atoms with Gasteiger partial charge < -0.3 is 5.73 Å². The fourth-order valence-electron chi connectivity index (χ4n) is 2.98. The van der Waals surface area contributed by atoms with Gasteiger partial charge in [0.15, 0.2) is 0 Å². The molecule has 1 saturated carbocycles. The molecule has 2 aromatic rings. The van der Waals surface area contributed by atoms with E-state index in [0.717, 1.165) is 5.56 Å². The van der Waals surface area contributed by atoms with Gasteiger partial charge in [0, 0.05) is 31.8 Å². The molecule has 1 fully saturated rings. The van der Waals surface area contributed by atoms with Crippen molar-refractivity contribution < 1.29 is 13.3 Å². The Kier molecular flexibility index (Phi) is 8.10. The Morgan fingerprint density at radius 1 is 1.04 bits per heavy atom. The summed E-state index contributed by atoms with van der Waals surface area (Å²) in [7, 11) is -2.19. The number of hydrogen-bond acceptors (Lipinski definition) is 5. The summed E-state index contributed by atoms with van der Waals surface area (Å²) >= 11 is 0. The van der Waals surface area contributed by atoms with E-state index in [1.807, 2.05) is 30.3 Å². The van der Waals surface area contributed by atoms with E-state index in [9.17, 15) is 18.5 Å². The first-order valence-electron chi connectivity index (χ1n) is 9.31. The van der Waals surface area contributed by atoms with E-state index in [1.54, 1.807) is 0 Å². The smallest absolute Gasteiger partial charge is 0.269 e. The van der Waals surface area contributed by atoms with Crippen molar-refractivity contribution in [1.29, 1.82) is 0 Å². The number of nitrogens with two attached hydrogens (primary N) is 1. The van der Waals surface area contributed by atoms with Crippen LogP contribution in [0.4, 0.5) is 5.69 Å². The molecule has 0 aliphatic heterocycles. The number of sulfonamides is 1. The predicted octanol–water partition coefficient (Wildman–Crippen LogP) is 3.69. The fourth-order valence-corrected chi connectivity index (χ4v) is 4.14. The Morgan fingerprint density at radius 3 is 2.07 bits per heavy atom. The number of nitro groups is 1. The van der Waals surface area contributed by atoms with Crippen LogP contribution in [0, 0.1) is 10.1 Å². The van der Waals surface area contributed by atoms with Gasteiger partial charge in [-0.15, -0.1) is 0 Å². The maximum Gasteiger partial charge on any atom is 0.269 e. The van der Waals surface area contributed by atoms with Crippen molar-refractivity contribution in [2.24, 2.45) is 5.73 Å². The second-order valence-corrected chi connectivity index (χ2v) is 8.94. The van der Waals surface area contributed by atoms with Crippen LogP contribution in [0.3, 0.4) is 0 Å². The minimum absolute atomic E-state index is 0.0338. The third-order valence-corrected chi connectivity index (χ3v) is 6.47. The van der Waals surface area contributed by atoms with Crippen molar-refractivity contribution in [3.8, 4) is 0 Å². The Bertz CT molecular complexity index is 849. The molecule has 8 heteroatoms. The second kappa shape index (κ2) is 10.3. The number of rotatable bonds is 5. The molecule has 0 amide bonds. The summed E-state index contributed by atoms with van der Waals surface area (Å²) in [6, 6.07) is 14.6. The first-order chi connectivity index (χ1) is 13.3. The van der Waals surface area contributed by atoms with Gasteiger partial charge in [-0.2, -0.15) is 4.31 Å². The van der Waals surface area contributed by atoms with E-state index in [2.05, 4.69) is 0 Å². The molecule has 28 heavy (non-hydrogen) atoms. The van der Waals surface area contributed by atoms with Gasteiger partial charge in [0.25, 0.3) is 5.69 Å². The highest BCUT2D eigenvalue weighted by atomic mass is 32.2. The SMILES string of the molecule is CN(Cc1ccccc1)S(=O)(=O)c1ccc([N+](=O)[O-])cc1.NC1CCCCC1. The highest BCUT2D eigenvalue weighted by Crippen LogP contribution is 2.20. The molecule has 0 aromatic heterocycles. The largest absolute Gasteiger partial charge is 0.328 e. The molecule has 0 radical (unpaired) electrons. The van der Waals surface area contributed by atoms with Crippen molar-refractivity contribution in [3.63, 3.8) is 0 Å². The standard InChI is InChI=1S/C14H14N2O4S.C6H13N/c1-15(11-12-5-3-2-4-6-12)21(19,20)14-9-7-13(8-10-14)16(17)18;7-6-4-2-1-3-5-6/h2-10H,11H2,1H3;6H,1-5,7H2. The van der Waals surface area contributed by atoms with Crippen LogP contribution in [0.1, 0.15) is 37.7 Å². The van der Waals surface area contributed by atoms with E-state index in [4.69, 9.17) is 5.73 Å². The van der Waals surface area contributed by atoms with Crippen LogP contribution in [0.15, 0.2) is 59.5 Å². The number of non-ortho nitro benzene ring substituents is 1. The quantitative estimate of drug-likeness (QED) is 0.603. The lowest BCUT2D eigenvalue weighted by Crippen LogP contribution is -2.26. The minimum atomic E-state index is -3.67. The molecule has 0 heterocycles. The predicted molar refractivity (Wildman–Crippen MR) is 109 cm³/mol. The lowest BCUT2D eigenvalue weighted by molar-refractivity contribution is -0.384. The Morgan fingerprint density at radius 2 is 1.61 bits per heavy atom. The van der Waals surface area contributed by atoms with E-state index in [1.165, 1.54) is 67.7 Å². The molecule has 0 spiro atoms. The summed E-state index contributed by atoms with van der Waals surface area (Å²) in [5.41, 5.74) is 6.36. The van der Waals surface area contributed by atoms with Gasteiger partial charge in [-0.3, -0.25) is 10.1 Å². The van der Waals surface area contributed by atoms with Gasteiger partial charge in [0.1, 0.15) is 0 Å². The summed E-state index contributed by atoms with van der Waals surface area (Å²) in [5, 5.41) is 10.6. The van der Waals surface area contributed by atoms with Gasteiger partial charge in [-0.25, -0.2) is 8.42 Å². The zero-order valence-electron chi connectivity index (χ0n) is 16.0. The van der Waals surface area contributed by atoms with Crippen molar-refractivity contribution >= 4 is 15.7 Å². The number of nitrogens with zero attached hydrogens (tertiary/aromatic N) is 2. The molecular formula is C20H27N3O4S. The van der Waals surface area contributed by atoms with Gasteiger partial charge >= 0.3 is 0 Å². The summed E-state index contributed by atoms with van der Waals surface area (Å²) in [6.07, 6.45) is 6.66. The highest BCUT2D eigenvalue weighted by Gasteiger charge is 2.21. The third kappa shape index (κ3) is 6.40. The van der Waals surface area contributed by atoms with E-state index in [0.29, 0.717) is 6.04 Å². The van der Waals surface area contributed by atoms with Crippen molar-refractivity contribution in [1.82, 2.24) is 4.31 Å². The zero-order chi connectivity index (χ0) is 20.6. The minimum Gasteiger partial charge on any atom is -0.328 e. The van der Waals surface area contributed by atoms with Crippen LogP contribution in [-0.2, 0) is 16.6 Å². The average molecular weight is 406 g/mol. The molecule has 1 aliphatic carbocycles. The van der Waals surface area contributed by atoms with E-state index >= 15 is 0 Å². The molecule has 152 valence electrons.